The van der Waals surface area contributed by atoms with E-state index in [4.69, 9.17) is 5.73 Å². The van der Waals surface area contributed by atoms with Gasteiger partial charge < -0.3 is 15.7 Å². The van der Waals surface area contributed by atoms with Crippen LogP contribution in [0.4, 0.5) is 5.95 Å². The van der Waals surface area contributed by atoms with Gasteiger partial charge in [-0.05, 0) is 6.42 Å². The number of aliphatic hydroxyl groups excluding tert-OH is 1. The normalized spacial score (nSPS) is 21.5. The summed E-state index contributed by atoms with van der Waals surface area (Å²) in [5, 5.41) is 15.2. The summed E-state index contributed by atoms with van der Waals surface area (Å²) in [4.78, 5) is 16.9. The maximum Gasteiger partial charge on any atom is 0.291 e. The molecule has 1 aromatic heterocycles. The van der Waals surface area contributed by atoms with E-state index in [-0.39, 0.29) is 17.7 Å². The lowest BCUT2D eigenvalue weighted by atomic mass is 10.3. The first kappa shape index (κ1) is 8.95. The quantitative estimate of drug-likeness (QED) is 0.512. The number of aromatic amines is 1. The number of nitrogens with one attached hydrogen (secondary N) is 1. The van der Waals surface area contributed by atoms with Crippen LogP contribution in [0, 0.1) is 0 Å². The molecule has 1 atom stereocenters. The number of H-pyrrole nitrogens is 1. The van der Waals surface area contributed by atoms with Crippen molar-refractivity contribution in [1.82, 2.24) is 20.1 Å². The van der Waals surface area contributed by atoms with E-state index in [1.807, 2.05) is 0 Å². The summed E-state index contributed by atoms with van der Waals surface area (Å²) < 4.78 is 0. The molecule has 1 saturated heterocycles. The molecule has 0 radical (unpaired) electrons. The molecule has 0 spiro atoms. The second kappa shape index (κ2) is 3.26. The third-order valence-corrected chi connectivity index (χ3v) is 2.16. The van der Waals surface area contributed by atoms with E-state index in [0.717, 1.165) is 0 Å². The summed E-state index contributed by atoms with van der Waals surface area (Å²) in [6, 6.07) is 0. The van der Waals surface area contributed by atoms with Crippen LogP contribution >= 0.6 is 0 Å². The Kier molecular flexibility index (Phi) is 2.08. The maximum atomic E-state index is 11.6. The molecule has 7 heteroatoms. The van der Waals surface area contributed by atoms with E-state index in [1.165, 1.54) is 4.90 Å². The number of anilines is 1. The molecule has 2 heterocycles. The first-order chi connectivity index (χ1) is 6.66. The number of β-amino-alcohol motifs (C(OH)–C–C–N with tert-alkyl or cyclic N) is 1. The fourth-order valence-electron chi connectivity index (χ4n) is 1.45. The highest BCUT2D eigenvalue weighted by Gasteiger charge is 2.27. The largest absolute Gasteiger partial charge is 0.391 e. The highest BCUT2D eigenvalue weighted by molar-refractivity contribution is 5.90. The summed E-state index contributed by atoms with van der Waals surface area (Å²) in [6.45, 7) is 0.889. The van der Waals surface area contributed by atoms with Crippen molar-refractivity contribution in [2.45, 2.75) is 12.5 Å². The fraction of sp³-hybridized carbons (Fsp3) is 0.571. The minimum absolute atomic E-state index is 0.0492. The molecule has 1 aliphatic heterocycles. The molecule has 1 aliphatic rings. The molecule has 0 aromatic carbocycles. The van der Waals surface area contributed by atoms with Crippen LogP contribution in [-0.2, 0) is 0 Å². The molecule has 1 aromatic rings. The summed E-state index contributed by atoms with van der Waals surface area (Å²) in [5.41, 5.74) is 5.27. The maximum absolute atomic E-state index is 11.6. The molecule has 1 fully saturated rings. The molecule has 0 aliphatic carbocycles. The number of hydrogen-bond acceptors (Lipinski definition) is 5. The minimum Gasteiger partial charge on any atom is -0.391 e. The van der Waals surface area contributed by atoms with Gasteiger partial charge in [0.15, 0.2) is 0 Å². The molecule has 1 amide bonds. The minimum atomic E-state index is -0.431. The summed E-state index contributed by atoms with van der Waals surface area (Å²) in [7, 11) is 0. The molecule has 76 valence electrons. The topological polar surface area (TPSA) is 108 Å². The van der Waals surface area contributed by atoms with Crippen molar-refractivity contribution in [3.05, 3.63) is 5.82 Å². The number of nitrogens with zero attached hydrogens (tertiary/aromatic N) is 3. The van der Waals surface area contributed by atoms with Crippen molar-refractivity contribution in [2.75, 3.05) is 18.8 Å². The van der Waals surface area contributed by atoms with Gasteiger partial charge in [0.2, 0.25) is 11.8 Å². The Morgan fingerprint density at radius 1 is 1.71 bits per heavy atom. The second-order valence-electron chi connectivity index (χ2n) is 3.24. The Morgan fingerprint density at radius 2 is 2.50 bits per heavy atom. The molecule has 7 nitrogen and oxygen atoms in total. The van der Waals surface area contributed by atoms with Crippen molar-refractivity contribution in [2.24, 2.45) is 0 Å². The van der Waals surface area contributed by atoms with Crippen molar-refractivity contribution >= 4 is 11.9 Å². The zero-order valence-corrected chi connectivity index (χ0v) is 7.47. The van der Waals surface area contributed by atoms with E-state index in [0.29, 0.717) is 19.5 Å². The van der Waals surface area contributed by atoms with Crippen LogP contribution in [-0.4, -0.2) is 50.3 Å². The molecular weight excluding hydrogens is 186 g/mol. The van der Waals surface area contributed by atoms with E-state index >= 15 is 0 Å². The Labute approximate surface area is 79.9 Å². The van der Waals surface area contributed by atoms with Crippen LogP contribution in [0.1, 0.15) is 17.0 Å². The lowest BCUT2D eigenvalue weighted by Gasteiger charge is -2.12. The number of carbonyl (C=O) groups excluding carboxylic acids is 1. The number of carbonyl (C=O) groups is 1. The SMILES string of the molecule is Nc1n[nH]c(C(=O)N2CC[C@@H](O)C2)n1. The van der Waals surface area contributed by atoms with Crippen LogP contribution in [0.2, 0.25) is 0 Å². The number of rotatable bonds is 1. The summed E-state index contributed by atoms with van der Waals surface area (Å²) in [5.74, 6) is -0.101. The number of aromatic nitrogens is 3. The molecular formula is C7H11N5O2. The van der Waals surface area contributed by atoms with Crippen molar-refractivity contribution < 1.29 is 9.90 Å². The van der Waals surface area contributed by atoms with E-state index in [1.54, 1.807) is 0 Å². The number of nitrogens with two attached hydrogens (primary N) is 1. The van der Waals surface area contributed by atoms with Gasteiger partial charge in [-0.3, -0.25) is 9.89 Å². The van der Waals surface area contributed by atoms with Crippen molar-refractivity contribution in [3.8, 4) is 0 Å². The Balaban J connectivity index is 2.09. The lowest BCUT2D eigenvalue weighted by molar-refractivity contribution is 0.0753. The van der Waals surface area contributed by atoms with E-state index in [2.05, 4.69) is 15.2 Å². The number of aliphatic hydroxyl groups is 1. The number of hydrogen-bond donors (Lipinski definition) is 3. The Morgan fingerprint density at radius 3 is 3.00 bits per heavy atom. The Bertz CT molecular complexity index is 350. The lowest BCUT2D eigenvalue weighted by Crippen LogP contribution is -2.30. The van der Waals surface area contributed by atoms with Crippen molar-refractivity contribution in [1.29, 1.82) is 0 Å². The van der Waals surface area contributed by atoms with Crippen LogP contribution in [0.3, 0.4) is 0 Å². The summed E-state index contributed by atoms with van der Waals surface area (Å²) in [6.07, 6.45) is 0.175. The molecule has 14 heavy (non-hydrogen) atoms. The molecule has 0 unspecified atom stereocenters. The predicted molar refractivity (Wildman–Crippen MR) is 47.3 cm³/mol. The number of amides is 1. The van der Waals surface area contributed by atoms with Crippen LogP contribution in [0.15, 0.2) is 0 Å². The van der Waals surface area contributed by atoms with Crippen LogP contribution in [0.5, 0.6) is 0 Å². The van der Waals surface area contributed by atoms with Gasteiger partial charge in [0.05, 0.1) is 6.10 Å². The van der Waals surface area contributed by atoms with Gasteiger partial charge in [-0.1, -0.05) is 0 Å². The zero-order chi connectivity index (χ0) is 10.1. The number of likely N-dealkylation sites (tertiary alicyclic amines) is 1. The molecule has 0 bridgehead atoms. The first-order valence-corrected chi connectivity index (χ1v) is 4.32. The first-order valence-electron chi connectivity index (χ1n) is 4.32. The van der Waals surface area contributed by atoms with Gasteiger partial charge in [0.25, 0.3) is 5.91 Å². The standard InChI is InChI=1S/C7H11N5O2/c8-7-9-5(10-11-7)6(14)12-2-1-4(13)3-12/h4,13H,1-3H2,(H3,8,9,10,11)/t4-/m1/s1. The fourth-order valence-corrected chi connectivity index (χ4v) is 1.45. The predicted octanol–water partition coefficient (Wildman–Crippen LogP) is -1.41. The molecule has 4 N–H and O–H groups in total. The second-order valence-corrected chi connectivity index (χ2v) is 3.24. The average molecular weight is 197 g/mol. The monoisotopic (exact) mass is 197 g/mol. The highest BCUT2D eigenvalue weighted by Crippen LogP contribution is 2.11. The van der Waals surface area contributed by atoms with Crippen LogP contribution in [0.25, 0.3) is 0 Å². The zero-order valence-electron chi connectivity index (χ0n) is 7.47. The van der Waals surface area contributed by atoms with E-state index < -0.39 is 6.10 Å². The summed E-state index contributed by atoms with van der Waals surface area (Å²) >= 11 is 0. The smallest absolute Gasteiger partial charge is 0.291 e. The van der Waals surface area contributed by atoms with Crippen molar-refractivity contribution in [3.63, 3.8) is 0 Å². The molecule has 0 saturated carbocycles. The number of nitrogen functional groups attached to an aromatic ring is 1. The van der Waals surface area contributed by atoms with Gasteiger partial charge in [-0.25, -0.2) is 0 Å². The van der Waals surface area contributed by atoms with Gasteiger partial charge in [0.1, 0.15) is 0 Å². The Hall–Kier alpha value is -1.63. The van der Waals surface area contributed by atoms with Gasteiger partial charge in [-0.15, -0.1) is 5.10 Å². The van der Waals surface area contributed by atoms with Crippen LogP contribution < -0.4 is 5.73 Å². The average Bonchev–Trinajstić information content (AvgIpc) is 2.73. The van der Waals surface area contributed by atoms with E-state index in [9.17, 15) is 9.90 Å². The van der Waals surface area contributed by atoms with Gasteiger partial charge >= 0.3 is 0 Å². The third kappa shape index (κ3) is 1.53. The third-order valence-electron chi connectivity index (χ3n) is 2.16. The van der Waals surface area contributed by atoms with Gasteiger partial charge in [-0.2, -0.15) is 4.98 Å². The molecule has 2 rings (SSSR count). The van der Waals surface area contributed by atoms with Gasteiger partial charge in [0, 0.05) is 13.1 Å². The highest BCUT2D eigenvalue weighted by atomic mass is 16.3.